The van der Waals surface area contributed by atoms with Crippen LogP contribution in [0.5, 0.6) is 5.75 Å². The van der Waals surface area contributed by atoms with Crippen LogP contribution in [-0.4, -0.2) is 17.7 Å². The van der Waals surface area contributed by atoms with Gasteiger partial charge in [-0.2, -0.15) is 0 Å². The molecule has 0 aliphatic heterocycles. The van der Waals surface area contributed by atoms with Gasteiger partial charge in [0.25, 0.3) is 0 Å². The minimum absolute atomic E-state index is 0.289. The zero-order valence-corrected chi connectivity index (χ0v) is 8.93. The summed E-state index contributed by atoms with van der Waals surface area (Å²) in [5.41, 5.74) is 1.26. The SMILES string of the molecule is O=C(O)COc1ccc(C2C=CCC2)cc1. The van der Waals surface area contributed by atoms with Gasteiger partial charge in [0.15, 0.2) is 6.61 Å². The first-order valence-corrected chi connectivity index (χ1v) is 5.37. The van der Waals surface area contributed by atoms with E-state index in [-0.39, 0.29) is 6.61 Å². The summed E-state index contributed by atoms with van der Waals surface area (Å²) in [5.74, 6) is 0.157. The van der Waals surface area contributed by atoms with Crippen molar-refractivity contribution < 1.29 is 14.6 Å². The number of ether oxygens (including phenoxy) is 1. The first-order chi connectivity index (χ1) is 7.75. The van der Waals surface area contributed by atoms with Gasteiger partial charge >= 0.3 is 5.97 Å². The molecule has 0 spiro atoms. The first kappa shape index (κ1) is 10.7. The molecule has 16 heavy (non-hydrogen) atoms. The summed E-state index contributed by atoms with van der Waals surface area (Å²) in [4.78, 5) is 10.3. The number of carboxylic acids is 1. The van der Waals surface area contributed by atoms with Crippen molar-refractivity contribution in [2.45, 2.75) is 18.8 Å². The van der Waals surface area contributed by atoms with Crippen molar-refractivity contribution in [3.8, 4) is 5.75 Å². The Labute approximate surface area is 94.4 Å². The van der Waals surface area contributed by atoms with E-state index in [1.165, 1.54) is 5.56 Å². The molecule has 1 N–H and O–H groups in total. The second-order valence-corrected chi connectivity index (χ2v) is 3.86. The van der Waals surface area contributed by atoms with Crippen LogP contribution in [-0.2, 0) is 4.79 Å². The molecule has 0 radical (unpaired) electrons. The Balaban J connectivity index is 1.98. The van der Waals surface area contributed by atoms with Crippen LogP contribution < -0.4 is 4.74 Å². The number of carbonyl (C=O) groups is 1. The van der Waals surface area contributed by atoms with Crippen LogP contribution in [0.3, 0.4) is 0 Å². The summed E-state index contributed by atoms with van der Waals surface area (Å²) in [6, 6.07) is 7.64. The summed E-state index contributed by atoms with van der Waals surface area (Å²) in [6.45, 7) is -0.289. The lowest BCUT2D eigenvalue weighted by Gasteiger charge is -2.09. The maximum atomic E-state index is 10.3. The monoisotopic (exact) mass is 218 g/mol. The van der Waals surface area contributed by atoms with Crippen molar-refractivity contribution >= 4 is 5.97 Å². The molecule has 84 valence electrons. The van der Waals surface area contributed by atoms with Gasteiger partial charge in [-0.1, -0.05) is 24.3 Å². The van der Waals surface area contributed by atoms with E-state index in [2.05, 4.69) is 12.2 Å². The fraction of sp³-hybridized carbons (Fsp3) is 0.308. The second kappa shape index (κ2) is 4.84. The second-order valence-electron chi connectivity index (χ2n) is 3.86. The highest BCUT2D eigenvalue weighted by Crippen LogP contribution is 2.29. The Kier molecular flexibility index (Phi) is 3.25. The number of hydrogen-bond donors (Lipinski definition) is 1. The topological polar surface area (TPSA) is 46.5 Å². The van der Waals surface area contributed by atoms with Crippen LogP contribution in [0.25, 0.3) is 0 Å². The normalized spacial score (nSPS) is 18.6. The van der Waals surface area contributed by atoms with Gasteiger partial charge in [0, 0.05) is 5.92 Å². The van der Waals surface area contributed by atoms with Crippen molar-refractivity contribution in [2.75, 3.05) is 6.61 Å². The van der Waals surface area contributed by atoms with E-state index >= 15 is 0 Å². The molecule has 0 heterocycles. The third-order valence-electron chi connectivity index (χ3n) is 2.68. The lowest BCUT2D eigenvalue weighted by atomic mass is 9.99. The van der Waals surface area contributed by atoms with Gasteiger partial charge < -0.3 is 9.84 Å². The van der Waals surface area contributed by atoms with Crippen molar-refractivity contribution in [2.24, 2.45) is 0 Å². The molecule has 2 rings (SSSR count). The zero-order chi connectivity index (χ0) is 11.4. The molecule has 0 saturated heterocycles. The van der Waals surface area contributed by atoms with Gasteiger partial charge in [0.1, 0.15) is 5.75 Å². The van der Waals surface area contributed by atoms with Crippen molar-refractivity contribution in [1.29, 1.82) is 0 Å². The maximum absolute atomic E-state index is 10.3. The number of rotatable bonds is 4. The van der Waals surface area contributed by atoms with E-state index in [4.69, 9.17) is 9.84 Å². The van der Waals surface area contributed by atoms with Crippen LogP contribution in [0.1, 0.15) is 24.3 Å². The van der Waals surface area contributed by atoms with Gasteiger partial charge in [0.05, 0.1) is 0 Å². The lowest BCUT2D eigenvalue weighted by molar-refractivity contribution is -0.139. The zero-order valence-electron chi connectivity index (χ0n) is 8.93. The van der Waals surface area contributed by atoms with E-state index in [9.17, 15) is 4.79 Å². The number of aliphatic carboxylic acids is 1. The molecule has 0 fully saturated rings. The Morgan fingerprint density at radius 1 is 1.38 bits per heavy atom. The average Bonchev–Trinajstić information content (AvgIpc) is 2.80. The fourth-order valence-corrected chi connectivity index (χ4v) is 1.87. The highest BCUT2D eigenvalue weighted by molar-refractivity contribution is 5.68. The van der Waals surface area contributed by atoms with Crippen molar-refractivity contribution in [3.05, 3.63) is 42.0 Å². The summed E-state index contributed by atoms with van der Waals surface area (Å²) in [6.07, 6.45) is 6.71. The number of benzene rings is 1. The summed E-state index contributed by atoms with van der Waals surface area (Å²) in [7, 11) is 0. The maximum Gasteiger partial charge on any atom is 0.341 e. The molecule has 0 saturated carbocycles. The van der Waals surface area contributed by atoms with Gasteiger partial charge in [-0.05, 0) is 30.5 Å². The first-order valence-electron chi connectivity index (χ1n) is 5.37. The van der Waals surface area contributed by atoms with Crippen molar-refractivity contribution in [1.82, 2.24) is 0 Å². The number of allylic oxidation sites excluding steroid dienone is 2. The average molecular weight is 218 g/mol. The van der Waals surface area contributed by atoms with Crippen molar-refractivity contribution in [3.63, 3.8) is 0 Å². The summed E-state index contributed by atoms with van der Waals surface area (Å²) >= 11 is 0. The molecule has 1 aromatic rings. The molecule has 0 bridgehead atoms. The van der Waals surface area contributed by atoms with Gasteiger partial charge in [-0.3, -0.25) is 0 Å². The van der Waals surface area contributed by atoms with E-state index < -0.39 is 5.97 Å². The number of carboxylic acid groups (broad SMARTS) is 1. The third kappa shape index (κ3) is 2.63. The highest BCUT2D eigenvalue weighted by atomic mass is 16.5. The minimum atomic E-state index is -0.956. The lowest BCUT2D eigenvalue weighted by Crippen LogP contribution is -2.09. The van der Waals surface area contributed by atoms with Gasteiger partial charge in [0.2, 0.25) is 0 Å². The van der Waals surface area contributed by atoms with Gasteiger partial charge in [-0.15, -0.1) is 0 Å². The molecular weight excluding hydrogens is 204 g/mol. The molecule has 1 unspecified atom stereocenters. The molecule has 0 aromatic heterocycles. The summed E-state index contributed by atoms with van der Waals surface area (Å²) < 4.78 is 5.07. The molecular formula is C13H14O3. The van der Waals surface area contributed by atoms with E-state index in [1.807, 2.05) is 24.3 Å². The third-order valence-corrected chi connectivity index (χ3v) is 2.68. The summed E-state index contributed by atoms with van der Waals surface area (Å²) in [5, 5.41) is 8.47. The van der Waals surface area contributed by atoms with Crippen LogP contribution in [0.2, 0.25) is 0 Å². The Morgan fingerprint density at radius 2 is 2.12 bits per heavy atom. The quantitative estimate of drug-likeness (QED) is 0.790. The minimum Gasteiger partial charge on any atom is -0.482 e. The molecule has 3 heteroatoms. The fourth-order valence-electron chi connectivity index (χ4n) is 1.87. The van der Waals surface area contributed by atoms with E-state index in [1.54, 1.807) is 0 Å². The predicted octanol–water partition coefficient (Wildman–Crippen LogP) is 2.58. The molecule has 1 aliphatic carbocycles. The van der Waals surface area contributed by atoms with Crippen LogP contribution in [0.4, 0.5) is 0 Å². The molecule has 1 aliphatic rings. The van der Waals surface area contributed by atoms with Crippen LogP contribution in [0.15, 0.2) is 36.4 Å². The van der Waals surface area contributed by atoms with Crippen LogP contribution >= 0.6 is 0 Å². The predicted molar refractivity (Wildman–Crippen MR) is 60.7 cm³/mol. The largest absolute Gasteiger partial charge is 0.482 e. The van der Waals surface area contributed by atoms with E-state index in [0.717, 1.165) is 12.8 Å². The molecule has 3 nitrogen and oxygen atoms in total. The molecule has 1 atom stereocenters. The molecule has 1 aromatic carbocycles. The van der Waals surface area contributed by atoms with Crippen LogP contribution in [0, 0.1) is 0 Å². The highest BCUT2D eigenvalue weighted by Gasteiger charge is 2.11. The Bertz CT molecular complexity index is 392. The van der Waals surface area contributed by atoms with Gasteiger partial charge in [-0.25, -0.2) is 4.79 Å². The number of hydrogen-bond acceptors (Lipinski definition) is 2. The molecule has 0 amide bonds. The standard InChI is InChI=1S/C13H14O3/c14-13(15)9-16-12-7-5-11(6-8-12)10-3-1-2-4-10/h1,3,5-8,10H,2,4,9H2,(H,14,15). The smallest absolute Gasteiger partial charge is 0.341 e. The van der Waals surface area contributed by atoms with E-state index in [0.29, 0.717) is 11.7 Å². The Hall–Kier alpha value is -1.77. The Morgan fingerprint density at radius 3 is 2.69 bits per heavy atom.